The Hall–Kier alpha value is -2.86. The zero-order valence-corrected chi connectivity index (χ0v) is 16.1. The summed E-state index contributed by atoms with van der Waals surface area (Å²) in [5, 5.41) is 0. The van der Waals surface area contributed by atoms with E-state index in [-0.39, 0.29) is 5.78 Å². The van der Waals surface area contributed by atoms with E-state index in [1.807, 2.05) is 17.9 Å². The summed E-state index contributed by atoms with van der Waals surface area (Å²) >= 11 is 0. The van der Waals surface area contributed by atoms with Crippen molar-refractivity contribution in [2.75, 3.05) is 44.9 Å². The lowest BCUT2D eigenvalue weighted by molar-refractivity contribution is 0.104. The maximum absolute atomic E-state index is 14.5. The largest absolute Gasteiger partial charge is 0.493 e. The van der Waals surface area contributed by atoms with Gasteiger partial charge in [0.05, 0.1) is 32.6 Å². The van der Waals surface area contributed by atoms with Crippen LogP contribution in [0.3, 0.4) is 0 Å². The molecule has 1 aliphatic heterocycles. The molecule has 2 aromatic carbocycles. The van der Waals surface area contributed by atoms with Gasteiger partial charge in [0.15, 0.2) is 17.3 Å². The number of morpholine rings is 1. The van der Waals surface area contributed by atoms with Crippen molar-refractivity contribution < 1.29 is 23.4 Å². The van der Waals surface area contributed by atoms with Gasteiger partial charge in [-0.3, -0.25) is 4.79 Å². The third kappa shape index (κ3) is 4.70. The number of nitrogens with zero attached hydrogens (tertiary/aromatic N) is 1. The highest BCUT2D eigenvalue weighted by atomic mass is 19.1. The first kappa shape index (κ1) is 19.9. The number of allylic oxidation sites excluding steroid dienone is 1. The second kappa shape index (κ2) is 9.37. The van der Waals surface area contributed by atoms with Crippen molar-refractivity contribution in [2.24, 2.45) is 0 Å². The molecule has 5 nitrogen and oxygen atoms in total. The van der Waals surface area contributed by atoms with E-state index in [1.54, 1.807) is 37.5 Å². The minimum Gasteiger partial charge on any atom is -0.493 e. The Bertz CT molecular complexity index is 860. The molecule has 148 valence electrons. The SMILES string of the molecule is CCOc1cc(/C=C/C(=O)c2ccc(N3CCOCC3)c(F)c2)ccc1OC. The van der Waals surface area contributed by atoms with Crippen LogP contribution in [0, 0.1) is 5.82 Å². The summed E-state index contributed by atoms with van der Waals surface area (Å²) in [6, 6.07) is 10.0. The van der Waals surface area contributed by atoms with Crippen LogP contribution in [0.25, 0.3) is 6.08 Å². The molecule has 3 rings (SSSR count). The number of carbonyl (C=O) groups excluding carboxylic acids is 1. The highest BCUT2D eigenvalue weighted by Gasteiger charge is 2.16. The molecule has 0 atom stereocenters. The Morgan fingerprint density at radius 3 is 2.64 bits per heavy atom. The van der Waals surface area contributed by atoms with Crippen molar-refractivity contribution >= 4 is 17.5 Å². The summed E-state index contributed by atoms with van der Waals surface area (Å²) in [7, 11) is 1.58. The van der Waals surface area contributed by atoms with Crippen LogP contribution >= 0.6 is 0 Å². The Labute approximate surface area is 164 Å². The highest BCUT2D eigenvalue weighted by molar-refractivity contribution is 6.07. The Morgan fingerprint density at radius 1 is 1.18 bits per heavy atom. The molecule has 1 fully saturated rings. The summed E-state index contributed by atoms with van der Waals surface area (Å²) in [5.74, 6) is 0.581. The summed E-state index contributed by atoms with van der Waals surface area (Å²) in [5.41, 5.74) is 1.60. The van der Waals surface area contributed by atoms with E-state index in [2.05, 4.69) is 0 Å². The van der Waals surface area contributed by atoms with Gasteiger partial charge in [-0.05, 0) is 48.9 Å². The second-order valence-electron chi connectivity index (χ2n) is 6.31. The molecule has 0 radical (unpaired) electrons. The molecule has 1 heterocycles. The molecule has 0 aromatic heterocycles. The molecule has 0 saturated carbocycles. The van der Waals surface area contributed by atoms with Gasteiger partial charge in [-0.15, -0.1) is 0 Å². The van der Waals surface area contributed by atoms with E-state index in [0.29, 0.717) is 55.7 Å². The van der Waals surface area contributed by atoms with Crippen LogP contribution in [0.4, 0.5) is 10.1 Å². The number of ether oxygens (including phenoxy) is 3. The molecule has 0 unspecified atom stereocenters. The van der Waals surface area contributed by atoms with E-state index < -0.39 is 5.82 Å². The van der Waals surface area contributed by atoms with E-state index in [1.165, 1.54) is 12.1 Å². The normalized spacial score (nSPS) is 14.3. The Balaban J connectivity index is 1.73. The molecule has 1 saturated heterocycles. The van der Waals surface area contributed by atoms with Crippen molar-refractivity contribution in [3.05, 3.63) is 59.4 Å². The smallest absolute Gasteiger partial charge is 0.185 e. The highest BCUT2D eigenvalue weighted by Crippen LogP contribution is 2.28. The van der Waals surface area contributed by atoms with Gasteiger partial charge in [0.25, 0.3) is 0 Å². The minimum absolute atomic E-state index is 0.263. The van der Waals surface area contributed by atoms with Crippen LogP contribution in [-0.2, 0) is 4.74 Å². The van der Waals surface area contributed by atoms with Gasteiger partial charge in [-0.2, -0.15) is 0 Å². The van der Waals surface area contributed by atoms with Gasteiger partial charge in [-0.1, -0.05) is 12.1 Å². The van der Waals surface area contributed by atoms with Crippen LogP contribution in [0.15, 0.2) is 42.5 Å². The monoisotopic (exact) mass is 385 g/mol. The third-order valence-electron chi connectivity index (χ3n) is 4.50. The number of ketones is 1. The fourth-order valence-electron chi connectivity index (χ4n) is 3.05. The Kier molecular flexibility index (Phi) is 6.66. The van der Waals surface area contributed by atoms with Crippen LogP contribution in [0.5, 0.6) is 11.5 Å². The number of methoxy groups -OCH3 is 1. The van der Waals surface area contributed by atoms with E-state index in [0.717, 1.165) is 5.56 Å². The predicted octanol–water partition coefficient (Wildman–Crippen LogP) is 3.97. The van der Waals surface area contributed by atoms with Gasteiger partial charge >= 0.3 is 0 Å². The lowest BCUT2D eigenvalue weighted by Crippen LogP contribution is -2.36. The molecule has 0 bridgehead atoms. The van der Waals surface area contributed by atoms with E-state index >= 15 is 0 Å². The number of rotatable bonds is 7. The number of anilines is 1. The summed E-state index contributed by atoms with van der Waals surface area (Å²) < 4.78 is 30.6. The molecule has 1 aliphatic rings. The number of carbonyl (C=O) groups is 1. The zero-order chi connectivity index (χ0) is 19.9. The first-order chi connectivity index (χ1) is 13.6. The van der Waals surface area contributed by atoms with Crippen molar-refractivity contribution in [3.8, 4) is 11.5 Å². The number of halogens is 1. The maximum atomic E-state index is 14.5. The number of benzene rings is 2. The van der Waals surface area contributed by atoms with Gasteiger partial charge in [0.2, 0.25) is 0 Å². The van der Waals surface area contributed by atoms with Crippen LogP contribution in [0.2, 0.25) is 0 Å². The third-order valence-corrected chi connectivity index (χ3v) is 4.50. The van der Waals surface area contributed by atoms with Crippen molar-refractivity contribution in [3.63, 3.8) is 0 Å². The summed E-state index contributed by atoms with van der Waals surface area (Å²) in [4.78, 5) is 14.4. The molecular weight excluding hydrogens is 361 g/mol. The van der Waals surface area contributed by atoms with Crippen molar-refractivity contribution in [2.45, 2.75) is 6.92 Å². The molecule has 2 aromatic rings. The molecule has 0 N–H and O–H groups in total. The van der Waals surface area contributed by atoms with Gasteiger partial charge in [-0.25, -0.2) is 4.39 Å². The average Bonchev–Trinajstić information content (AvgIpc) is 2.73. The average molecular weight is 385 g/mol. The summed E-state index contributed by atoms with van der Waals surface area (Å²) in [6.45, 7) is 4.84. The second-order valence-corrected chi connectivity index (χ2v) is 6.31. The quantitative estimate of drug-likeness (QED) is 0.533. The van der Waals surface area contributed by atoms with Crippen LogP contribution in [0.1, 0.15) is 22.8 Å². The Morgan fingerprint density at radius 2 is 1.96 bits per heavy atom. The van der Waals surface area contributed by atoms with Crippen LogP contribution in [-0.4, -0.2) is 45.8 Å². The van der Waals surface area contributed by atoms with Gasteiger partial charge in [0, 0.05) is 18.7 Å². The topological polar surface area (TPSA) is 48.0 Å². The van der Waals surface area contributed by atoms with E-state index in [4.69, 9.17) is 14.2 Å². The van der Waals surface area contributed by atoms with Crippen LogP contribution < -0.4 is 14.4 Å². The molecule has 0 spiro atoms. The molecular formula is C22H24FNO4. The van der Waals surface area contributed by atoms with Crippen molar-refractivity contribution in [1.29, 1.82) is 0 Å². The first-order valence-electron chi connectivity index (χ1n) is 9.28. The van der Waals surface area contributed by atoms with Gasteiger partial charge < -0.3 is 19.1 Å². The van der Waals surface area contributed by atoms with E-state index in [9.17, 15) is 9.18 Å². The number of hydrogen-bond acceptors (Lipinski definition) is 5. The van der Waals surface area contributed by atoms with Crippen molar-refractivity contribution in [1.82, 2.24) is 0 Å². The zero-order valence-electron chi connectivity index (χ0n) is 16.1. The molecule has 28 heavy (non-hydrogen) atoms. The molecule has 0 amide bonds. The predicted molar refractivity (Wildman–Crippen MR) is 107 cm³/mol. The fraction of sp³-hybridized carbons (Fsp3) is 0.318. The first-order valence-corrected chi connectivity index (χ1v) is 9.28. The van der Waals surface area contributed by atoms with Gasteiger partial charge in [0.1, 0.15) is 5.82 Å². The molecule has 6 heteroatoms. The minimum atomic E-state index is -0.399. The molecule has 0 aliphatic carbocycles. The summed E-state index contributed by atoms with van der Waals surface area (Å²) in [6.07, 6.45) is 3.11. The number of hydrogen-bond donors (Lipinski definition) is 0. The maximum Gasteiger partial charge on any atom is 0.185 e. The lowest BCUT2D eigenvalue weighted by Gasteiger charge is -2.29. The fourth-order valence-corrected chi connectivity index (χ4v) is 3.05. The standard InChI is InChI=1S/C22H24FNO4/c1-3-28-22-14-16(5-9-21(22)26-2)4-8-20(25)17-6-7-19(18(23)15-17)24-10-12-27-13-11-24/h4-9,14-15H,3,10-13H2,1-2H3/b8-4+. The lowest BCUT2D eigenvalue weighted by atomic mass is 10.1.